The number of likely N-dealkylation sites (tertiary alicyclic amines) is 1. The first-order valence-electron chi connectivity index (χ1n) is 7.96. The van der Waals surface area contributed by atoms with E-state index in [1.54, 1.807) is 14.2 Å². The van der Waals surface area contributed by atoms with Gasteiger partial charge in [-0.05, 0) is 44.3 Å². The van der Waals surface area contributed by atoms with Crippen molar-refractivity contribution >= 4 is 0 Å². The Morgan fingerprint density at radius 3 is 2.76 bits per heavy atom. The summed E-state index contributed by atoms with van der Waals surface area (Å²) in [6.07, 6.45) is 4.17. The smallest absolute Gasteiger partial charge is 0.165 e. The summed E-state index contributed by atoms with van der Waals surface area (Å²) in [5.41, 5.74) is 1.16. The molecule has 1 aromatic rings. The van der Waals surface area contributed by atoms with E-state index in [9.17, 15) is 0 Å². The molecule has 1 aliphatic heterocycles. The Balaban J connectivity index is 1.49. The molecule has 0 radical (unpaired) electrons. The molecule has 1 saturated carbocycles. The molecule has 0 aromatic heterocycles. The molecule has 4 heteroatoms. The van der Waals surface area contributed by atoms with Gasteiger partial charge in [-0.15, -0.1) is 0 Å². The molecule has 1 unspecified atom stereocenters. The number of nitrogens with zero attached hydrogens (tertiary/aromatic N) is 1. The fourth-order valence-corrected chi connectivity index (χ4v) is 3.30. The molecular formula is C17H26N2O2. The van der Waals surface area contributed by atoms with Crippen molar-refractivity contribution < 1.29 is 9.47 Å². The third-order valence-corrected chi connectivity index (χ3v) is 4.61. The van der Waals surface area contributed by atoms with Crippen LogP contribution < -0.4 is 14.8 Å². The number of nitrogens with one attached hydrogen (secondary N) is 1. The van der Waals surface area contributed by atoms with Gasteiger partial charge in [0, 0.05) is 24.7 Å². The van der Waals surface area contributed by atoms with Gasteiger partial charge in [-0.1, -0.05) is 12.1 Å². The third kappa shape index (κ3) is 3.50. The standard InChI is InChI=1S/C17H26N2O2/c1-20-16-5-3-4-14(17(16)21-2)11-18-10-13-8-9-19(12-13)15-6-7-15/h3-5,13,15,18H,6-12H2,1-2H3. The summed E-state index contributed by atoms with van der Waals surface area (Å²) in [6, 6.07) is 6.96. The molecule has 1 aliphatic carbocycles. The van der Waals surface area contributed by atoms with Crippen LogP contribution in [0.1, 0.15) is 24.8 Å². The molecule has 1 saturated heterocycles. The molecule has 0 spiro atoms. The van der Waals surface area contributed by atoms with Crippen molar-refractivity contribution in [2.75, 3.05) is 33.9 Å². The molecule has 3 rings (SSSR count). The summed E-state index contributed by atoms with van der Waals surface area (Å²) >= 11 is 0. The van der Waals surface area contributed by atoms with Crippen LogP contribution in [0.5, 0.6) is 11.5 Å². The molecule has 2 fully saturated rings. The van der Waals surface area contributed by atoms with Gasteiger partial charge in [-0.2, -0.15) is 0 Å². The molecule has 1 N–H and O–H groups in total. The molecular weight excluding hydrogens is 264 g/mol. The first-order valence-corrected chi connectivity index (χ1v) is 7.96. The number of benzene rings is 1. The molecule has 2 aliphatic rings. The van der Waals surface area contributed by atoms with Gasteiger partial charge in [-0.25, -0.2) is 0 Å². The van der Waals surface area contributed by atoms with Gasteiger partial charge in [0.25, 0.3) is 0 Å². The maximum Gasteiger partial charge on any atom is 0.165 e. The monoisotopic (exact) mass is 290 g/mol. The van der Waals surface area contributed by atoms with E-state index in [1.807, 2.05) is 12.1 Å². The first kappa shape index (κ1) is 14.7. The van der Waals surface area contributed by atoms with Crippen LogP contribution in [-0.2, 0) is 6.54 Å². The quantitative estimate of drug-likeness (QED) is 0.835. The minimum absolute atomic E-state index is 0.794. The van der Waals surface area contributed by atoms with Gasteiger partial charge >= 0.3 is 0 Å². The Morgan fingerprint density at radius 2 is 2.05 bits per heavy atom. The highest BCUT2D eigenvalue weighted by Gasteiger charge is 2.33. The second-order valence-corrected chi connectivity index (χ2v) is 6.16. The molecule has 1 atom stereocenters. The average molecular weight is 290 g/mol. The number of methoxy groups -OCH3 is 2. The van der Waals surface area contributed by atoms with E-state index in [4.69, 9.17) is 9.47 Å². The van der Waals surface area contributed by atoms with Crippen LogP contribution in [0.4, 0.5) is 0 Å². The van der Waals surface area contributed by atoms with Crippen LogP contribution in [-0.4, -0.2) is 44.8 Å². The predicted octanol–water partition coefficient (Wildman–Crippen LogP) is 2.28. The highest BCUT2D eigenvalue weighted by Crippen LogP contribution is 2.32. The summed E-state index contributed by atoms with van der Waals surface area (Å²) in [5.74, 6) is 2.44. The lowest BCUT2D eigenvalue weighted by Gasteiger charge is -2.16. The summed E-state index contributed by atoms with van der Waals surface area (Å²) in [5, 5.41) is 3.59. The van der Waals surface area contributed by atoms with Gasteiger partial charge < -0.3 is 19.7 Å². The van der Waals surface area contributed by atoms with Crippen molar-refractivity contribution in [3.05, 3.63) is 23.8 Å². The van der Waals surface area contributed by atoms with Crippen LogP contribution >= 0.6 is 0 Å². The fourth-order valence-electron chi connectivity index (χ4n) is 3.30. The first-order chi connectivity index (χ1) is 10.3. The lowest BCUT2D eigenvalue weighted by molar-refractivity contribution is 0.311. The molecule has 4 nitrogen and oxygen atoms in total. The van der Waals surface area contributed by atoms with Gasteiger partial charge in [0.2, 0.25) is 0 Å². The summed E-state index contributed by atoms with van der Waals surface area (Å²) in [4.78, 5) is 2.67. The zero-order valence-electron chi connectivity index (χ0n) is 13.1. The Morgan fingerprint density at radius 1 is 1.19 bits per heavy atom. The van der Waals surface area contributed by atoms with E-state index >= 15 is 0 Å². The fraction of sp³-hybridized carbons (Fsp3) is 0.647. The van der Waals surface area contributed by atoms with Crippen molar-refractivity contribution in [2.24, 2.45) is 5.92 Å². The second-order valence-electron chi connectivity index (χ2n) is 6.16. The number of para-hydroxylation sites is 1. The normalized spacial score (nSPS) is 22.5. The maximum absolute atomic E-state index is 5.47. The lowest BCUT2D eigenvalue weighted by Crippen LogP contribution is -2.27. The average Bonchev–Trinajstić information content (AvgIpc) is 3.26. The van der Waals surface area contributed by atoms with Crippen LogP contribution in [0.2, 0.25) is 0 Å². The number of rotatable bonds is 7. The van der Waals surface area contributed by atoms with Gasteiger partial charge in [0.15, 0.2) is 11.5 Å². The molecule has 0 bridgehead atoms. The second kappa shape index (κ2) is 6.67. The SMILES string of the molecule is COc1cccc(CNCC2CCN(C3CC3)C2)c1OC. The van der Waals surface area contributed by atoms with Crippen LogP contribution in [0.15, 0.2) is 18.2 Å². The predicted molar refractivity (Wildman–Crippen MR) is 84.0 cm³/mol. The molecule has 1 aromatic carbocycles. The summed E-state index contributed by atoms with van der Waals surface area (Å²) < 4.78 is 10.8. The zero-order valence-corrected chi connectivity index (χ0v) is 13.1. The van der Waals surface area contributed by atoms with E-state index < -0.39 is 0 Å². The lowest BCUT2D eigenvalue weighted by atomic mass is 10.1. The third-order valence-electron chi connectivity index (χ3n) is 4.61. The zero-order chi connectivity index (χ0) is 14.7. The Bertz CT molecular complexity index is 474. The van der Waals surface area contributed by atoms with Crippen molar-refractivity contribution in [2.45, 2.75) is 31.8 Å². The van der Waals surface area contributed by atoms with Gasteiger partial charge in [0.05, 0.1) is 14.2 Å². The van der Waals surface area contributed by atoms with Gasteiger partial charge in [-0.3, -0.25) is 0 Å². The Kier molecular flexibility index (Phi) is 4.66. The highest BCUT2D eigenvalue weighted by molar-refractivity contribution is 5.46. The van der Waals surface area contributed by atoms with E-state index in [-0.39, 0.29) is 0 Å². The van der Waals surface area contributed by atoms with Crippen molar-refractivity contribution in [1.82, 2.24) is 10.2 Å². The van der Waals surface area contributed by atoms with Crippen molar-refractivity contribution in [1.29, 1.82) is 0 Å². The van der Waals surface area contributed by atoms with E-state index in [1.165, 1.54) is 32.4 Å². The minimum atomic E-state index is 0.794. The van der Waals surface area contributed by atoms with Crippen LogP contribution in [0.3, 0.4) is 0 Å². The van der Waals surface area contributed by atoms with Crippen LogP contribution in [0, 0.1) is 5.92 Å². The van der Waals surface area contributed by atoms with Gasteiger partial charge in [0.1, 0.15) is 0 Å². The van der Waals surface area contributed by atoms with E-state index in [2.05, 4.69) is 16.3 Å². The Labute approximate surface area is 127 Å². The van der Waals surface area contributed by atoms with Crippen molar-refractivity contribution in [3.8, 4) is 11.5 Å². The van der Waals surface area contributed by atoms with E-state index in [0.29, 0.717) is 0 Å². The number of hydrogen-bond acceptors (Lipinski definition) is 4. The number of ether oxygens (including phenoxy) is 2. The van der Waals surface area contributed by atoms with E-state index in [0.717, 1.165) is 42.1 Å². The number of hydrogen-bond donors (Lipinski definition) is 1. The Hall–Kier alpha value is -1.26. The molecule has 1 heterocycles. The topological polar surface area (TPSA) is 33.7 Å². The minimum Gasteiger partial charge on any atom is -0.493 e. The van der Waals surface area contributed by atoms with Crippen LogP contribution in [0.25, 0.3) is 0 Å². The summed E-state index contributed by atoms with van der Waals surface area (Å²) in [6.45, 7) is 4.48. The molecule has 21 heavy (non-hydrogen) atoms. The highest BCUT2D eigenvalue weighted by atomic mass is 16.5. The molecule has 116 valence electrons. The molecule has 0 amide bonds. The largest absolute Gasteiger partial charge is 0.493 e. The summed E-state index contributed by atoms with van der Waals surface area (Å²) in [7, 11) is 3.38. The van der Waals surface area contributed by atoms with Crippen molar-refractivity contribution in [3.63, 3.8) is 0 Å². The maximum atomic E-state index is 5.47.